The van der Waals surface area contributed by atoms with Gasteiger partial charge in [0, 0.05) is 29.1 Å². The highest BCUT2D eigenvalue weighted by molar-refractivity contribution is 6.25. The Balaban J connectivity index is 1.13. The average Bonchev–Trinajstić information content (AvgIpc) is 3.14. The Morgan fingerprint density at radius 3 is 1.67 bits per heavy atom. The summed E-state index contributed by atoms with van der Waals surface area (Å²) in [6.45, 7) is 0. The smallest absolute Gasteiger partial charge is 0.160 e. The molecule has 0 spiro atoms. The number of hydrogen-bond acceptors (Lipinski definition) is 3. The van der Waals surface area contributed by atoms with Crippen molar-refractivity contribution < 1.29 is 0 Å². The zero-order valence-corrected chi connectivity index (χ0v) is 24.9. The van der Waals surface area contributed by atoms with Crippen LogP contribution < -0.4 is 0 Å². The van der Waals surface area contributed by atoms with Gasteiger partial charge in [-0.05, 0) is 66.7 Å². The summed E-state index contributed by atoms with van der Waals surface area (Å²) in [6, 6.07) is 53.7. The standard InChI is InChI=1S/C43H27N3/c1-2-6-30(7-3-1)39-26-40(46-43(45-39)35-19-11-28(12-20-35)36-10-5-25-44-27-36)31-15-13-29(14-16-31)37-23-21-34-18-17-32-8-4-9-33-22-24-38(37)42(34)41(32)33/h1-27H. The number of pyridine rings is 1. The summed E-state index contributed by atoms with van der Waals surface area (Å²) in [4.78, 5) is 14.4. The van der Waals surface area contributed by atoms with E-state index < -0.39 is 0 Å². The molecule has 9 aromatic rings. The average molecular weight is 586 g/mol. The van der Waals surface area contributed by atoms with E-state index in [-0.39, 0.29) is 0 Å². The van der Waals surface area contributed by atoms with Gasteiger partial charge < -0.3 is 0 Å². The van der Waals surface area contributed by atoms with Gasteiger partial charge in [0.15, 0.2) is 5.82 Å². The van der Waals surface area contributed by atoms with E-state index in [0.717, 1.165) is 39.2 Å². The van der Waals surface area contributed by atoms with Crippen molar-refractivity contribution in [1.82, 2.24) is 15.0 Å². The van der Waals surface area contributed by atoms with Crippen molar-refractivity contribution in [3.8, 4) is 56.2 Å². The molecule has 7 aromatic carbocycles. The van der Waals surface area contributed by atoms with Crippen LogP contribution in [0.25, 0.3) is 88.5 Å². The van der Waals surface area contributed by atoms with Crippen LogP contribution >= 0.6 is 0 Å². The fourth-order valence-corrected chi connectivity index (χ4v) is 6.63. The summed E-state index contributed by atoms with van der Waals surface area (Å²) < 4.78 is 0. The van der Waals surface area contributed by atoms with Gasteiger partial charge in [0.2, 0.25) is 0 Å². The third-order valence-corrected chi connectivity index (χ3v) is 8.95. The molecule has 46 heavy (non-hydrogen) atoms. The van der Waals surface area contributed by atoms with Crippen LogP contribution in [-0.4, -0.2) is 15.0 Å². The van der Waals surface area contributed by atoms with Gasteiger partial charge in [0.05, 0.1) is 11.4 Å². The van der Waals surface area contributed by atoms with Crippen LogP contribution in [0.2, 0.25) is 0 Å². The Bertz CT molecular complexity index is 2470. The normalized spacial score (nSPS) is 11.5. The number of rotatable bonds is 5. The second-order valence-corrected chi connectivity index (χ2v) is 11.7. The summed E-state index contributed by atoms with van der Waals surface area (Å²) in [7, 11) is 0. The van der Waals surface area contributed by atoms with E-state index in [2.05, 4.69) is 132 Å². The van der Waals surface area contributed by atoms with Crippen molar-refractivity contribution in [2.24, 2.45) is 0 Å². The highest BCUT2D eigenvalue weighted by atomic mass is 14.9. The summed E-state index contributed by atoms with van der Waals surface area (Å²) in [5, 5.41) is 7.79. The molecule has 2 heterocycles. The molecular weight excluding hydrogens is 558 g/mol. The van der Waals surface area contributed by atoms with E-state index in [1.165, 1.54) is 43.4 Å². The first-order valence-electron chi connectivity index (χ1n) is 15.5. The Morgan fingerprint density at radius 1 is 0.370 bits per heavy atom. The second-order valence-electron chi connectivity index (χ2n) is 11.7. The minimum atomic E-state index is 0.699. The van der Waals surface area contributed by atoms with Gasteiger partial charge in [0.1, 0.15) is 0 Å². The summed E-state index contributed by atoms with van der Waals surface area (Å²) in [6.07, 6.45) is 3.67. The van der Waals surface area contributed by atoms with Crippen molar-refractivity contribution in [3.63, 3.8) is 0 Å². The summed E-state index contributed by atoms with van der Waals surface area (Å²) in [5.74, 6) is 0.699. The minimum Gasteiger partial charge on any atom is -0.264 e. The van der Waals surface area contributed by atoms with Crippen LogP contribution in [0, 0.1) is 0 Å². The maximum atomic E-state index is 5.09. The van der Waals surface area contributed by atoms with Crippen molar-refractivity contribution in [2.75, 3.05) is 0 Å². The fraction of sp³-hybridized carbons (Fsp3) is 0. The monoisotopic (exact) mass is 585 g/mol. The molecule has 0 bridgehead atoms. The SMILES string of the molecule is c1ccc(-c2cc(-c3ccc(-c4ccc5ccc6cccc7ccc4c5c67)cc3)nc(-c3ccc(-c4cccnc4)cc3)n2)cc1. The Morgan fingerprint density at radius 2 is 0.957 bits per heavy atom. The van der Waals surface area contributed by atoms with E-state index >= 15 is 0 Å². The Hall–Kier alpha value is -6.19. The van der Waals surface area contributed by atoms with E-state index in [9.17, 15) is 0 Å². The minimum absolute atomic E-state index is 0.699. The highest BCUT2D eigenvalue weighted by Gasteiger charge is 2.14. The molecular formula is C43H27N3. The third-order valence-electron chi connectivity index (χ3n) is 8.95. The molecule has 0 aliphatic carbocycles. The molecule has 214 valence electrons. The van der Waals surface area contributed by atoms with Crippen LogP contribution in [0.15, 0.2) is 164 Å². The zero-order valence-electron chi connectivity index (χ0n) is 24.9. The Kier molecular flexibility index (Phi) is 6.14. The van der Waals surface area contributed by atoms with Crippen molar-refractivity contribution in [3.05, 3.63) is 164 Å². The molecule has 2 aromatic heterocycles. The molecule has 0 N–H and O–H groups in total. The lowest BCUT2D eigenvalue weighted by Gasteiger charge is -2.14. The first-order valence-corrected chi connectivity index (χ1v) is 15.5. The van der Waals surface area contributed by atoms with E-state index in [4.69, 9.17) is 9.97 Å². The van der Waals surface area contributed by atoms with E-state index in [1.54, 1.807) is 6.20 Å². The van der Waals surface area contributed by atoms with Gasteiger partial charge in [-0.25, -0.2) is 9.97 Å². The van der Waals surface area contributed by atoms with Gasteiger partial charge in [-0.1, -0.05) is 140 Å². The number of benzene rings is 7. The molecule has 9 rings (SSSR count). The highest BCUT2D eigenvalue weighted by Crippen LogP contribution is 2.39. The van der Waals surface area contributed by atoms with Crippen LogP contribution in [0.5, 0.6) is 0 Å². The topological polar surface area (TPSA) is 38.7 Å². The first-order chi connectivity index (χ1) is 22.8. The van der Waals surface area contributed by atoms with Gasteiger partial charge in [-0.3, -0.25) is 4.98 Å². The molecule has 0 saturated carbocycles. The van der Waals surface area contributed by atoms with Gasteiger partial charge in [-0.15, -0.1) is 0 Å². The quantitative estimate of drug-likeness (QED) is 0.189. The zero-order chi connectivity index (χ0) is 30.5. The van der Waals surface area contributed by atoms with Gasteiger partial charge in [-0.2, -0.15) is 0 Å². The lowest BCUT2D eigenvalue weighted by Crippen LogP contribution is -1.96. The number of aromatic nitrogens is 3. The van der Waals surface area contributed by atoms with Gasteiger partial charge in [0.25, 0.3) is 0 Å². The van der Waals surface area contributed by atoms with Crippen LogP contribution in [0.1, 0.15) is 0 Å². The number of hydrogen-bond donors (Lipinski definition) is 0. The maximum Gasteiger partial charge on any atom is 0.160 e. The molecule has 0 amide bonds. The molecule has 3 nitrogen and oxygen atoms in total. The maximum absolute atomic E-state index is 5.09. The van der Waals surface area contributed by atoms with Gasteiger partial charge >= 0.3 is 0 Å². The predicted molar refractivity (Wildman–Crippen MR) is 191 cm³/mol. The molecule has 0 unspecified atom stereocenters. The number of nitrogens with zero attached hydrogens (tertiary/aromatic N) is 3. The first kappa shape index (κ1) is 26.2. The summed E-state index contributed by atoms with van der Waals surface area (Å²) >= 11 is 0. The van der Waals surface area contributed by atoms with Crippen molar-refractivity contribution >= 4 is 32.3 Å². The van der Waals surface area contributed by atoms with Crippen LogP contribution in [-0.2, 0) is 0 Å². The molecule has 3 heteroatoms. The van der Waals surface area contributed by atoms with Crippen molar-refractivity contribution in [1.29, 1.82) is 0 Å². The lowest BCUT2D eigenvalue weighted by molar-refractivity contribution is 1.18. The molecule has 0 aliphatic heterocycles. The molecule has 0 fully saturated rings. The van der Waals surface area contributed by atoms with E-state index in [0.29, 0.717) is 5.82 Å². The second kappa shape index (κ2) is 10.8. The molecule has 0 radical (unpaired) electrons. The molecule has 0 saturated heterocycles. The fourth-order valence-electron chi connectivity index (χ4n) is 6.63. The third kappa shape index (κ3) is 4.49. The summed E-state index contributed by atoms with van der Waals surface area (Å²) in [5.41, 5.74) is 9.48. The van der Waals surface area contributed by atoms with Crippen molar-refractivity contribution in [2.45, 2.75) is 0 Å². The Labute approximate surface area is 266 Å². The molecule has 0 atom stereocenters. The lowest BCUT2D eigenvalue weighted by atomic mass is 9.89. The molecule has 0 aliphatic rings. The van der Waals surface area contributed by atoms with E-state index in [1.807, 2.05) is 30.5 Å². The van der Waals surface area contributed by atoms with Crippen LogP contribution in [0.4, 0.5) is 0 Å². The van der Waals surface area contributed by atoms with Crippen LogP contribution in [0.3, 0.4) is 0 Å². The largest absolute Gasteiger partial charge is 0.264 e. The predicted octanol–water partition coefficient (Wildman–Crippen LogP) is 11.1.